The Hall–Kier alpha value is -5.45. The van der Waals surface area contributed by atoms with Crippen LogP contribution in [0.4, 0.5) is 0 Å². The minimum atomic E-state index is -0.981. The number of hydrogen-bond acceptors (Lipinski definition) is 7. The molecule has 10 nitrogen and oxygen atoms in total. The zero-order valence-corrected chi connectivity index (χ0v) is 27.0. The van der Waals surface area contributed by atoms with E-state index in [0.717, 1.165) is 23.1 Å². The molecule has 252 valence electrons. The zero-order valence-electron chi connectivity index (χ0n) is 27.0. The van der Waals surface area contributed by atoms with Crippen molar-refractivity contribution < 1.29 is 29.6 Å². The molecule has 1 aliphatic rings. The molecule has 0 saturated carbocycles. The number of carbonyl (C=O) groups excluding carboxylic acids is 1. The number of phenolic OH excluding ortho intramolecular Hbond substituents is 1. The van der Waals surface area contributed by atoms with Gasteiger partial charge in [-0.15, -0.1) is 0 Å². The Morgan fingerprint density at radius 2 is 1.57 bits per heavy atom. The normalized spacial score (nSPS) is 14.8. The summed E-state index contributed by atoms with van der Waals surface area (Å²) in [5.41, 5.74) is 3.07. The molecular weight excluding hydrogens is 622 g/mol. The van der Waals surface area contributed by atoms with Crippen molar-refractivity contribution >= 4 is 22.8 Å². The molecule has 2 heterocycles. The van der Waals surface area contributed by atoms with Gasteiger partial charge in [0.25, 0.3) is 5.91 Å². The number of hydrogen-bond donors (Lipinski definition) is 5. The Kier molecular flexibility index (Phi) is 10.1. The number of carboxylic acids is 1. The molecule has 5 aromatic rings. The SMILES string of the molecule is O=C(c1ccc(OCc2ccc(CCNC[C@H](O)c3ccc(O)c4[nH]c(=O)ccc34)cc2)cc1)N1CCC(C(=O)O)(c2ccccc2)CC1. The smallest absolute Gasteiger partial charge is 0.314 e. The van der Waals surface area contributed by atoms with Gasteiger partial charge in [0.1, 0.15) is 18.1 Å². The molecule has 1 amide bonds. The van der Waals surface area contributed by atoms with Crippen LogP contribution in [0.2, 0.25) is 0 Å². The molecule has 1 fully saturated rings. The summed E-state index contributed by atoms with van der Waals surface area (Å²) in [7, 11) is 0. The molecule has 0 radical (unpaired) electrons. The average molecular weight is 662 g/mol. The highest BCUT2D eigenvalue weighted by atomic mass is 16.5. The second-order valence-electron chi connectivity index (χ2n) is 12.4. The van der Waals surface area contributed by atoms with Crippen molar-refractivity contribution in [3.63, 3.8) is 0 Å². The maximum absolute atomic E-state index is 13.2. The largest absolute Gasteiger partial charge is 0.506 e. The fraction of sp³-hybridized carbons (Fsp3) is 0.256. The quantitative estimate of drug-likeness (QED) is 0.118. The van der Waals surface area contributed by atoms with Crippen LogP contribution in [0.1, 0.15) is 51.6 Å². The lowest BCUT2D eigenvalue weighted by atomic mass is 9.73. The van der Waals surface area contributed by atoms with Gasteiger partial charge in [0.2, 0.25) is 5.56 Å². The van der Waals surface area contributed by atoms with Crippen LogP contribution < -0.4 is 15.6 Å². The lowest BCUT2D eigenvalue weighted by Gasteiger charge is -2.39. The maximum Gasteiger partial charge on any atom is 0.314 e. The minimum absolute atomic E-state index is 0.0411. The van der Waals surface area contributed by atoms with Crippen LogP contribution in [0.25, 0.3) is 10.9 Å². The summed E-state index contributed by atoms with van der Waals surface area (Å²) < 4.78 is 5.96. The number of amides is 1. The van der Waals surface area contributed by atoms with Crippen molar-refractivity contribution in [3.05, 3.63) is 141 Å². The summed E-state index contributed by atoms with van der Waals surface area (Å²) in [6, 6.07) is 30.5. The van der Waals surface area contributed by atoms with Crippen molar-refractivity contribution in [2.75, 3.05) is 26.2 Å². The monoisotopic (exact) mass is 661 g/mol. The second-order valence-corrected chi connectivity index (χ2v) is 12.4. The number of aromatic nitrogens is 1. The molecule has 1 atom stereocenters. The Balaban J connectivity index is 0.944. The number of carbonyl (C=O) groups is 2. The lowest BCUT2D eigenvalue weighted by molar-refractivity contribution is -0.145. The van der Waals surface area contributed by atoms with E-state index in [9.17, 15) is 29.7 Å². The van der Waals surface area contributed by atoms with Crippen LogP contribution in [0, 0.1) is 0 Å². The zero-order chi connectivity index (χ0) is 34.4. The van der Waals surface area contributed by atoms with Gasteiger partial charge in [0.15, 0.2) is 0 Å². The summed E-state index contributed by atoms with van der Waals surface area (Å²) in [5, 5.41) is 34.7. The molecule has 0 aliphatic carbocycles. The second kappa shape index (κ2) is 14.8. The van der Waals surface area contributed by atoms with Crippen molar-refractivity contribution in [2.24, 2.45) is 0 Å². The first-order valence-corrected chi connectivity index (χ1v) is 16.4. The number of fused-ring (bicyclic) bond motifs is 1. The highest BCUT2D eigenvalue weighted by molar-refractivity contribution is 5.94. The summed E-state index contributed by atoms with van der Waals surface area (Å²) in [5.74, 6) is -0.373. The number of likely N-dealkylation sites (tertiary alicyclic amines) is 1. The van der Waals surface area contributed by atoms with E-state index in [1.807, 2.05) is 54.6 Å². The van der Waals surface area contributed by atoms with E-state index in [-0.39, 0.29) is 17.2 Å². The van der Waals surface area contributed by atoms with Gasteiger partial charge >= 0.3 is 5.97 Å². The van der Waals surface area contributed by atoms with Crippen molar-refractivity contribution in [3.8, 4) is 11.5 Å². The number of aliphatic carboxylic acids is 1. The predicted octanol–water partition coefficient (Wildman–Crippen LogP) is 4.94. The van der Waals surface area contributed by atoms with Crippen molar-refractivity contribution in [1.82, 2.24) is 15.2 Å². The number of carboxylic acid groups (broad SMARTS) is 1. The molecule has 0 spiro atoms. The first-order chi connectivity index (χ1) is 23.7. The summed E-state index contributed by atoms with van der Waals surface area (Å²) in [6.07, 6.45) is 0.667. The van der Waals surface area contributed by atoms with E-state index >= 15 is 0 Å². The predicted molar refractivity (Wildman–Crippen MR) is 186 cm³/mol. The molecule has 1 saturated heterocycles. The minimum Gasteiger partial charge on any atom is -0.506 e. The third kappa shape index (κ3) is 7.51. The molecule has 1 aliphatic heterocycles. The molecule has 5 N–H and O–H groups in total. The number of rotatable bonds is 12. The molecule has 6 rings (SSSR count). The number of benzene rings is 4. The highest BCUT2D eigenvalue weighted by Crippen LogP contribution is 2.36. The number of nitrogens with one attached hydrogen (secondary N) is 2. The van der Waals surface area contributed by atoms with Gasteiger partial charge in [-0.2, -0.15) is 0 Å². The molecule has 49 heavy (non-hydrogen) atoms. The standard InChI is InChI=1S/C39H39N3O7/c43-33-16-14-31(32-15-17-35(45)41-36(32)33)34(44)24-40-21-18-26-6-8-27(9-7-26)25-49-30-12-10-28(11-13-30)37(46)42-22-19-39(20-23-42,38(47)48)29-4-2-1-3-5-29/h1-17,34,40,43-44H,18-25H2,(H,41,45)(H,47,48)/t34-/m0/s1. The van der Waals surface area contributed by atoms with Gasteiger partial charge in [0, 0.05) is 36.7 Å². The van der Waals surface area contributed by atoms with E-state index in [4.69, 9.17) is 4.74 Å². The van der Waals surface area contributed by atoms with Gasteiger partial charge in [-0.1, -0.05) is 60.7 Å². The number of aromatic amines is 1. The Morgan fingerprint density at radius 1 is 0.878 bits per heavy atom. The molecular formula is C39H39N3O7. The van der Waals surface area contributed by atoms with Crippen molar-refractivity contribution in [1.29, 1.82) is 0 Å². The van der Waals surface area contributed by atoms with E-state index in [1.165, 1.54) is 12.1 Å². The Morgan fingerprint density at radius 3 is 2.27 bits per heavy atom. The fourth-order valence-corrected chi connectivity index (χ4v) is 6.45. The van der Waals surface area contributed by atoms with Gasteiger partial charge in [-0.3, -0.25) is 14.4 Å². The molecule has 10 heteroatoms. The summed E-state index contributed by atoms with van der Waals surface area (Å²) in [6.45, 7) is 2.07. The Bertz CT molecular complexity index is 1970. The number of aromatic hydroxyl groups is 1. The number of H-pyrrole nitrogens is 1. The molecule has 4 aromatic carbocycles. The van der Waals surface area contributed by atoms with Gasteiger partial charge < -0.3 is 35.3 Å². The first kappa shape index (κ1) is 33.5. The third-order valence-electron chi connectivity index (χ3n) is 9.36. The van der Waals surface area contributed by atoms with Gasteiger partial charge in [0.05, 0.1) is 17.0 Å². The number of aliphatic hydroxyl groups excluding tert-OH is 1. The fourth-order valence-electron chi connectivity index (χ4n) is 6.45. The van der Waals surface area contributed by atoms with Crippen LogP contribution in [0.15, 0.2) is 108 Å². The number of piperidine rings is 1. The third-order valence-corrected chi connectivity index (χ3v) is 9.36. The first-order valence-electron chi connectivity index (χ1n) is 16.4. The lowest BCUT2D eigenvalue weighted by Crippen LogP contribution is -2.49. The summed E-state index contributed by atoms with van der Waals surface area (Å²) in [4.78, 5) is 41.5. The van der Waals surface area contributed by atoms with Crippen molar-refractivity contribution in [2.45, 2.75) is 37.4 Å². The van der Waals surface area contributed by atoms with E-state index in [1.54, 1.807) is 41.3 Å². The number of aliphatic hydroxyl groups is 1. The number of phenols is 1. The van der Waals surface area contributed by atoms with Gasteiger partial charge in [-0.05, 0) is 84.5 Å². The molecule has 0 bridgehead atoms. The van der Waals surface area contributed by atoms with Gasteiger partial charge in [-0.25, -0.2) is 0 Å². The van der Waals surface area contributed by atoms with Crippen LogP contribution in [-0.2, 0) is 23.2 Å². The number of ether oxygens (including phenoxy) is 1. The topological polar surface area (TPSA) is 152 Å². The highest BCUT2D eigenvalue weighted by Gasteiger charge is 2.43. The van der Waals surface area contributed by atoms with Crippen LogP contribution in [0.5, 0.6) is 11.5 Å². The van der Waals surface area contributed by atoms with E-state index in [2.05, 4.69) is 10.3 Å². The van der Waals surface area contributed by atoms with E-state index < -0.39 is 17.5 Å². The Labute approximate surface area is 283 Å². The van der Waals surface area contributed by atoms with Crippen LogP contribution in [-0.4, -0.2) is 63.3 Å². The van der Waals surface area contributed by atoms with E-state index in [0.29, 0.717) is 73.4 Å². The number of nitrogens with zero attached hydrogens (tertiary/aromatic N) is 1. The maximum atomic E-state index is 13.2. The number of pyridine rings is 1. The van der Waals surface area contributed by atoms with Crippen LogP contribution >= 0.6 is 0 Å². The average Bonchev–Trinajstić information content (AvgIpc) is 3.13. The summed E-state index contributed by atoms with van der Waals surface area (Å²) >= 11 is 0. The van der Waals surface area contributed by atoms with Crippen LogP contribution in [0.3, 0.4) is 0 Å². The molecule has 0 unspecified atom stereocenters. The molecule has 1 aromatic heterocycles.